The van der Waals surface area contributed by atoms with Crippen molar-refractivity contribution in [3.8, 4) is 5.75 Å². The molecule has 1 aromatic rings. The van der Waals surface area contributed by atoms with Crippen LogP contribution in [-0.4, -0.2) is 12.6 Å². The van der Waals surface area contributed by atoms with Gasteiger partial charge in [0.05, 0.1) is 0 Å². The summed E-state index contributed by atoms with van der Waals surface area (Å²) in [5, 5.41) is 0. The van der Waals surface area contributed by atoms with Crippen LogP contribution in [0.2, 0.25) is 0 Å². The zero-order valence-electron chi connectivity index (χ0n) is 6.59. The minimum absolute atomic E-state index is 0.0445. The van der Waals surface area contributed by atoms with E-state index in [0.717, 1.165) is 12.0 Å². The fourth-order valence-corrected chi connectivity index (χ4v) is 1.43. The molecule has 0 spiro atoms. The number of nitrogens with two attached hydrogens (primary N) is 1. The van der Waals surface area contributed by atoms with Gasteiger partial charge in [0, 0.05) is 18.5 Å². The molecule has 0 aromatic heterocycles. The van der Waals surface area contributed by atoms with Gasteiger partial charge in [-0.15, -0.1) is 0 Å². The molecule has 1 atom stereocenters. The number of hydrogen-bond donors (Lipinski definition) is 1. The molecule has 64 valence electrons. The summed E-state index contributed by atoms with van der Waals surface area (Å²) in [6.45, 7) is 0.439. The number of hydrogen-bond acceptors (Lipinski definition) is 2. The molecular weight excluding hydrogens is 157 g/mol. The molecule has 12 heavy (non-hydrogen) atoms. The standard InChI is InChI=1S/C9H10FNO/c10-8-3-1-2-6-4-7(5-11)12-9(6)8/h1-3,7H,4-5,11H2/t7-/m0/s1. The molecule has 2 nitrogen and oxygen atoms in total. The van der Waals surface area contributed by atoms with E-state index in [2.05, 4.69) is 0 Å². The minimum atomic E-state index is -0.288. The van der Waals surface area contributed by atoms with Crippen LogP contribution in [0.3, 0.4) is 0 Å². The first-order valence-electron chi connectivity index (χ1n) is 3.95. The summed E-state index contributed by atoms with van der Waals surface area (Å²) in [5.74, 6) is 0.0939. The first-order valence-corrected chi connectivity index (χ1v) is 3.95. The third kappa shape index (κ3) is 1.06. The van der Waals surface area contributed by atoms with Crippen molar-refractivity contribution in [2.24, 2.45) is 5.73 Å². The maximum Gasteiger partial charge on any atom is 0.165 e. The Bertz CT molecular complexity index is 301. The number of ether oxygens (including phenoxy) is 1. The number of benzene rings is 1. The average molecular weight is 167 g/mol. The highest BCUT2D eigenvalue weighted by atomic mass is 19.1. The third-order valence-electron chi connectivity index (χ3n) is 2.04. The van der Waals surface area contributed by atoms with Crippen LogP contribution in [0, 0.1) is 5.82 Å². The van der Waals surface area contributed by atoms with Crippen molar-refractivity contribution in [1.82, 2.24) is 0 Å². The Balaban J connectivity index is 2.35. The Labute approximate surface area is 70.1 Å². The Morgan fingerprint density at radius 1 is 1.58 bits per heavy atom. The number of halogens is 1. The maximum absolute atomic E-state index is 13.0. The summed E-state index contributed by atoms with van der Waals surface area (Å²) >= 11 is 0. The van der Waals surface area contributed by atoms with Crippen molar-refractivity contribution >= 4 is 0 Å². The summed E-state index contributed by atoms with van der Waals surface area (Å²) in [7, 11) is 0. The van der Waals surface area contributed by atoms with Crippen molar-refractivity contribution < 1.29 is 9.13 Å². The average Bonchev–Trinajstić information content (AvgIpc) is 2.49. The Morgan fingerprint density at radius 3 is 3.08 bits per heavy atom. The Morgan fingerprint density at radius 2 is 2.42 bits per heavy atom. The fraction of sp³-hybridized carbons (Fsp3) is 0.333. The molecule has 2 N–H and O–H groups in total. The smallest absolute Gasteiger partial charge is 0.165 e. The van der Waals surface area contributed by atoms with E-state index >= 15 is 0 Å². The largest absolute Gasteiger partial charge is 0.485 e. The summed E-state index contributed by atoms with van der Waals surface area (Å²) in [6.07, 6.45) is 0.681. The predicted octanol–water partition coefficient (Wildman–Crippen LogP) is 1.09. The van der Waals surface area contributed by atoms with Crippen LogP contribution >= 0.6 is 0 Å². The van der Waals surface area contributed by atoms with E-state index in [1.165, 1.54) is 6.07 Å². The molecule has 3 heteroatoms. The molecule has 0 saturated carbocycles. The lowest BCUT2D eigenvalue weighted by atomic mass is 10.1. The van der Waals surface area contributed by atoms with Gasteiger partial charge < -0.3 is 10.5 Å². The highest BCUT2D eigenvalue weighted by Crippen LogP contribution is 2.30. The highest BCUT2D eigenvalue weighted by Gasteiger charge is 2.23. The molecule has 0 saturated heterocycles. The second kappa shape index (κ2) is 2.75. The molecule has 2 rings (SSSR count). The van der Waals surface area contributed by atoms with E-state index < -0.39 is 0 Å². The molecule has 0 aliphatic carbocycles. The van der Waals surface area contributed by atoms with Crippen LogP contribution in [-0.2, 0) is 6.42 Å². The normalized spacial score (nSPS) is 20.3. The highest BCUT2D eigenvalue weighted by molar-refractivity contribution is 5.38. The molecule has 0 fully saturated rings. The van der Waals surface area contributed by atoms with Crippen molar-refractivity contribution in [3.63, 3.8) is 0 Å². The molecule has 0 amide bonds. The van der Waals surface area contributed by atoms with Crippen LogP contribution in [0.5, 0.6) is 5.75 Å². The van der Waals surface area contributed by atoms with Gasteiger partial charge in [-0.2, -0.15) is 0 Å². The van der Waals surface area contributed by atoms with Gasteiger partial charge in [0.1, 0.15) is 6.10 Å². The zero-order valence-corrected chi connectivity index (χ0v) is 6.59. The first-order chi connectivity index (χ1) is 5.81. The lowest BCUT2D eigenvalue weighted by molar-refractivity contribution is 0.232. The first kappa shape index (κ1) is 7.55. The second-order valence-corrected chi connectivity index (χ2v) is 2.91. The molecule has 0 bridgehead atoms. The second-order valence-electron chi connectivity index (χ2n) is 2.91. The molecular formula is C9H10FNO. The Hall–Kier alpha value is -1.09. The number of rotatable bonds is 1. The molecule has 1 aliphatic rings. The van der Waals surface area contributed by atoms with Crippen molar-refractivity contribution in [2.45, 2.75) is 12.5 Å². The quantitative estimate of drug-likeness (QED) is 0.679. The molecule has 1 aliphatic heterocycles. The van der Waals surface area contributed by atoms with E-state index in [4.69, 9.17) is 10.5 Å². The van der Waals surface area contributed by atoms with E-state index in [1.54, 1.807) is 6.07 Å². The molecule has 0 unspecified atom stereocenters. The van der Waals surface area contributed by atoms with Gasteiger partial charge in [-0.3, -0.25) is 0 Å². The van der Waals surface area contributed by atoms with Gasteiger partial charge in [0.15, 0.2) is 11.6 Å². The van der Waals surface area contributed by atoms with Crippen molar-refractivity contribution in [3.05, 3.63) is 29.6 Å². The summed E-state index contributed by atoms with van der Waals surface area (Å²) in [4.78, 5) is 0. The fourth-order valence-electron chi connectivity index (χ4n) is 1.43. The van der Waals surface area contributed by atoms with E-state index in [0.29, 0.717) is 12.3 Å². The monoisotopic (exact) mass is 167 g/mol. The van der Waals surface area contributed by atoms with Gasteiger partial charge >= 0.3 is 0 Å². The van der Waals surface area contributed by atoms with Gasteiger partial charge in [0.2, 0.25) is 0 Å². The molecule has 0 radical (unpaired) electrons. The predicted molar refractivity (Wildman–Crippen MR) is 43.6 cm³/mol. The topological polar surface area (TPSA) is 35.2 Å². The van der Waals surface area contributed by atoms with E-state index in [9.17, 15) is 4.39 Å². The van der Waals surface area contributed by atoms with Crippen molar-refractivity contribution in [2.75, 3.05) is 6.54 Å². The van der Waals surface area contributed by atoms with Crippen LogP contribution in [0.25, 0.3) is 0 Å². The summed E-state index contributed by atoms with van der Waals surface area (Å²) < 4.78 is 18.3. The van der Waals surface area contributed by atoms with Gasteiger partial charge in [-0.1, -0.05) is 12.1 Å². The maximum atomic E-state index is 13.0. The SMILES string of the molecule is NC[C@@H]1Cc2cccc(F)c2O1. The molecule has 1 heterocycles. The zero-order chi connectivity index (χ0) is 8.55. The lowest BCUT2D eigenvalue weighted by Crippen LogP contribution is -2.24. The van der Waals surface area contributed by atoms with Crippen LogP contribution in [0.4, 0.5) is 4.39 Å². The molecule has 1 aromatic carbocycles. The Kier molecular flexibility index (Phi) is 1.73. The van der Waals surface area contributed by atoms with Gasteiger partial charge in [0.25, 0.3) is 0 Å². The summed E-state index contributed by atoms with van der Waals surface area (Å²) in [6, 6.07) is 4.96. The number of para-hydroxylation sites is 1. The van der Waals surface area contributed by atoms with Crippen LogP contribution in [0.1, 0.15) is 5.56 Å². The minimum Gasteiger partial charge on any atom is -0.485 e. The lowest BCUT2D eigenvalue weighted by Gasteiger charge is -2.06. The van der Waals surface area contributed by atoms with Crippen LogP contribution in [0.15, 0.2) is 18.2 Å². The van der Waals surface area contributed by atoms with Gasteiger partial charge in [-0.05, 0) is 6.07 Å². The van der Waals surface area contributed by atoms with Gasteiger partial charge in [-0.25, -0.2) is 4.39 Å². The summed E-state index contributed by atoms with van der Waals surface area (Å²) in [5.41, 5.74) is 6.34. The third-order valence-corrected chi connectivity index (χ3v) is 2.04. The van der Waals surface area contributed by atoms with Crippen LogP contribution < -0.4 is 10.5 Å². The number of fused-ring (bicyclic) bond motifs is 1. The van der Waals surface area contributed by atoms with Crippen molar-refractivity contribution in [1.29, 1.82) is 0 Å². The van der Waals surface area contributed by atoms with E-state index in [-0.39, 0.29) is 11.9 Å². The van der Waals surface area contributed by atoms with E-state index in [1.807, 2.05) is 6.07 Å².